The number of likely N-dealkylation sites (tertiary alicyclic amines) is 1. The van der Waals surface area contributed by atoms with Crippen LogP contribution in [0.1, 0.15) is 37.3 Å². The first-order valence-corrected chi connectivity index (χ1v) is 12.4. The third kappa shape index (κ3) is 5.48. The van der Waals surface area contributed by atoms with Crippen molar-refractivity contribution in [3.63, 3.8) is 0 Å². The topological polar surface area (TPSA) is 96.7 Å². The van der Waals surface area contributed by atoms with Crippen molar-refractivity contribution in [3.8, 4) is 0 Å². The Bertz CT molecular complexity index is 1220. The van der Waals surface area contributed by atoms with Gasteiger partial charge in [-0.2, -0.15) is 13.5 Å². The zero-order chi connectivity index (χ0) is 23.3. The Hall–Kier alpha value is -3.46. The van der Waals surface area contributed by atoms with E-state index in [1.54, 1.807) is 35.3 Å². The summed E-state index contributed by atoms with van der Waals surface area (Å²) >= 11 is 0. The Morgan fingerprint density at radius 1 is 1.06 bits per heavy atom. The van der Waals surface area contributed by atoms with Crippen molar-refractivity contribution in [2.24, 2.45) is 4.40 Å². The van der Waals surface area contributed by atoms with E-state index in [0.717, 1.165) is 31.4 Å². The van der Waals surface area contributed by atoms with Crippen molar-refractivity contribution >= 4 is 27.5 Å². The number of nitrogens with one attached hydrogen (secondary N) is 1. The van der Waals surface area contributed by atoms with E-state index < -0.39 is 16.1 Å². The van der Waals surface area contributed by atoms with Gasteiger partial charge in [0, 0.05) is 38.1 Å². The van der Waals surface area contributed by atoms with Crippen LogP contribution in [0.15, 0.2) is 82.4 Å². The summed E-state index contributed by atoms with van der Waals surface area (Å²) in [7, 11) is -2.04. The van der Waals surface area contributed by atoms with Crippen molar-refractivity contribution in [2.45, 2.75) is 36.6 Å². The summed E-state index contributed by atoms with van der Waals surface area (Å²) in [5, 5.41) is 7.07. The number of benzene rings is 2. The molecule has 1 unspecified atom stereocenters. The molecule has 172 valence electrons. The van der Waals surface area contributed by atoms with Gasteiger partial charge in [-0.15, -0.1) is 4.40 Å². The minimum atomic E-state index is -3.91. The van der Waals surface area contributed by atoms with Crippen molar-refractivity contribution in [3.05, 3.63) is 78.6 Å². The van der Waals surface area contributed by atoms with Gasteiger partial charge < -0.3 is 10.2 Å². The van der Waals surface area contributed by atoms with Gasteiger partial charge in [-0.05, 0) is 42.7 Å². The molecule has 1 atom stereocenters. The zero-order valence-electron chi connectivity index (χ0n) is 18.5. The van der Waals surface area contributed by atoms with Gasteiger partial charge in [0.1, 0.15) is 5.84 Å². The SMILES string of the molecule is CN1CCCCC/C1=N\S(=O)(=O)c1cccc(NC(=O)C(c2ccccc2)n2cccn2)c1. The molecule has 33 heavy (non-hydrogen) atoms. The van der Waals surface area contributed by atoms with Crippen molar-refractivity contribution in [1.29, 1.82) is 0 Å². The highest BCUT2D eigenvalue weighted by Crippen LogP contribution is 2.23. The summed E-state index contributed by atoms with van der Waals surface area (Å²) in [5.41, 5.74) is 1.15. The second-order valence-corrected chi connectivity index (χ2v) is 9.64. The first-order valence-electron chi connectivity index (χ1n) is 10.9. The Labute approximate surface area is 194 Å². The normalized spacial score (nSPS) is 16.9. The highest BCUT2D eigenvalue weighted by Gasteiger charge is 2.24. The lowest BCUT2D eigenvalue weighted by Crippen LogP contribution is -2.27. The molecule has 0 bridgehead atoms. The van der Waals surface area contributed by atoms with Gasteiger partial charge >= 0.3 is 0 Å². The number of sulfonamides is 1. The molecule has 1 saturated heterocycles. The molecule has 1 amide bonds. The molecule has 3 aromatic rings. The molecule has 9 heteroatoms. The summed E-state index contributed by atoms with van der Waals surface area (Å²) in [6.07, 6.45) is 6.97. The van der Waals surface area contributed by atoms with Gasteiger partial charge in [-0.1, -0.05) is 42.8 Å². The van der Waals surface area contributed by atoms with Gasteiger partial charge in [0.05, 0.1) is 4.90 Å². The van der Waals surface area contributed by atoms with Crippen LogP contribution in [0.25, 0.3) is 0 Å². The van der Waals surface area contributed by atoms with E-state index >= 15 is 0 Å². The lowest BCUT2D eigenvalue weighted by Gasteiger charge is -2.19. The summed E-state index contributed by atoms with van der Waals surface area (Å²) < 4.78 is 31.7. The smallest absolute Gasteiger partial charge is 0.284 e. The van der Waals surface area contributed by atoms with Crippen molar-refractivity contribution in [1.82, 2.24) is 14.7 Å². The zero-order valence-corrected chi connectivity index (χ0v) is 19.3. The molecule has 8 nitrogen and oxygen atoms in total. The average molecular weight is 466 g/mol. The van der Waals surface area contributed by atoms with Crippen LogP contribution in [0.5, 0.6) is 0 Å². The first-order chi connectivity index (χ1) is 15.9. The summed E-state index contributed by atoms with van der Waals surface area (Å²) in [5.74, 6) is 0.249. The van der Waals surface area contributed by atoms with Crippen LogP contribution in [-0.2, 0) is 14.8 Å². The van der Waals surface area contributed by atoms with E-state index in [2.05, 4.69) is 14.8 Å². The number of hydrogen-bond acceptors (Lipinski definition) is 4. The van der Waals surface area contributed by atoms with E-state index in [4.69, 9.17) is 0 Å². The van der Waals surface area contributed by atoms with Crippen LogP contribution in [-0.4, -0.2) is 48.4 Å². The van der Waals surface area contributed by atoms with Gasteiger partial charge in [0.25, 0.3) is 15.9 Å². The maximum Gasteiger partial charge on any atom is 0.284 e. The number of nitrogens with zero attached hydrogens (tertiary/aromatic N) is 4. The van der Waals surface area contributed by atoms with E-state index in [0.29, 0.717) is 17.9 Å². The quantitative estimate of drug-likeness (QED) is 0.599. The molecule has 4 rings (SSSR count). The number of rotatable bonds is 6. The fourth-order valence-corrected chi connectivity index (χ4v) is 5.01. The molecule has 0 aliphatic carbocycles. The molecule has 1 aliphatic heterocycles. The number of amides is 1. The monoisotopic (exact) mass is 465 g/mol. The minimum Gasteiger partial charge on any atom is -0.362 e. The number of anilines is 1. The highest BCUT2D eigenvalue weighted by molar-refractivity contribution is 7.90. The van der Waals surface area contributed by atoms with Crippen molar-refractivity contribution in [2.75, 3.05) is 18.9 Å². The standard InChI is InChI=1S/C24H27N5O3S/c1-28-16-7-3-6-14-22(28)27-33(31,32)21-13-8-12-20(18-21)26-24(30)23(29-17-9-15-25-29)19-10-4-2-5-11-19/h2,4-5,8-13,15,17-18,23H,3,6-7,14,16H2,1H3,(H,26,30)/b27-22+. The second-order valence-electron chi connectivity index (χ2n) is 8.03. The van der Waals surface area contributed by atoms with E-state index in [1.807, 2.05) is 42.3 Å². The third-order valence-corrected chi connectivity index (χ3v) is 6.91. The Balaban J connectivity index is 1.59. The van der Waals surface area contributed by atoms with E-state index in [-0.39, 0.29) is 10.8 Å². The largest absolute Gasteiger partial charge is 0.362 e. The van der Waals surface area contributed by atoms with Gasteiger partial charge in [-0.3, -0.25) is 9.48 Å². The van der Waals surface area contributed by atoms with Crippen LogP contribution >= 0.6 is 0 Å². The summed E-state index contributed by atoms with van der Waals surface area (Å²) in [6, 6.07) is 16.6. The Morgan fingerprint density at radius 2 is 1.88 bits per heavy atom. The molecular weight excluding hydrogens is 438 g/mol. The lowest BCUT2D eigenvalue weighted by molar-refractivity contribution is -0.118. The summed E-state index contributed by atoms with van der Waals surface area (Å²) in [4.78, 5) is 15.2. The molecule has 2 aromatic carbocycles. The molecule has 2 heterocycles. The van der Waals surface area contributed by atoms with Crippen LogP contribution in [0.2, 0.25) is 0 Å². The predicted molar refractivity (Wildman–Crippen MR) is 128 cm³/mol. The number of amidine groups is 1. The minimum absolute atomic E-state index is 0.0424. The Kier molecular flexibility index (Phi) is 6.88. The van der Waals surface area contributed by atoms with Crippen LogP contribution in [0.4, 0.5) is 5.69 Å². The predicted octanol–water partition coefficient (Wildman–Crippen LogP) is 3.70. The third-order valence-electron chi connectivity index (χ3n) is 5.61. The summed E-state index contributed by atoms with van der Waals surface area (Å²) in [6.45, 7) is 0.790. The van der Waals surface area contributed by atoms with Gasteiger partial charge in [0.2, 0.25) is 0 Å². The maximum atomic E-state index is 13.2. The Morgan fingerprint density at radius 3 is 2.64 bits per heavy atom. The molecule has 1 aromatic heterocycles. The maximum absolute atomic E-state index is 13.2. The first kappa shape index (κ1) is 22.7. The number of aromatic nitrogens is 2. The fraction of sp³-hybridized carbons (Fsp3) is 0.292. The van der Waals surface area contributed by atoms with Gasteiger partial charge in [-0.25, -0.2) is 0 Å². The van der Waals surface area contributed by atoms with Crippen LogP contribution in [0, 0.1) is 0 Å². The number of hydrogen-bond donors (Lipinski definition) is 1. The molecular formula is C24H27N5O3S. The molecule has 0 spiro atoms. The number of carbonyl (C=O) groups excluding carboxylic acids is 1. The second kappa shape index (κ2) is 9.99. The van der Waals surface area contributed by atoms with E-state index in [9.17, 15) is 13.2 Å². The highest BCUT2D eigenvalue weighted by atomic mass is 32.2. The average Bonchev–Trinajstić information content (AvgIpc) is 3.25. The van der Waals surface area contributed by atoms with Crippen LogP contribution in [0.3, 0.4) is 0 Å². The van der Waals surface area contributed by atoms with Gasteiger partial charge in [0.15, 0.2) is 6.04 Å². The van der Waals surface area contributed by atoms with E-state index in [1.165, 1.54) is 12.1 Å². The lowest BCUT2D eigenvalue weighted by atomic mass is 10.1. The molecule has 1 aliphatic rings. The fourth-order valence-electron chi connectivity index (χ4n) is 3.87. The molecule has 1 N–H and O–H groups in total. The number of carbonyl (C=O) groups is 1. The molecule has 1 fully saturated rings. The molecule has 0 saturated carbocycles. The van der Waals surface area contributed by atoms with Crippen molar-refractivity contribution < 1.29 is 13.2 Å². The van der Waals surface area contributed by atoms with Crippen LogP contribution < -0.4 is 5.32 Å². The molecule has 0 radical (unpaired) electrons.